The van der Waals surface area contributed by atoms with E-state index in [-0.39, 0.29) is 0 Å². The van der Waals surface area contributed by atoms with E-state index in [4.69, 9.17) is 19.8 Å². The molecule has 25 heavy (non-hydrogen) atoms. The van der Waals surface area contributed by atoms with Crippen LogP contribution in [0.1, 0.15) is 17.5 Å². The topological polar surface area (TPSA) is 125 Å². The van der Waals surface area contributed by atoms with Gasteiger partial charge in [-0.15, -0.1) is 11.3 Å². The number of fused-ring (bicyclic) bond motifs is 1. The molecule has 0 spiro atoms. The molecule has 0 radical (unpaired) electrons. The molecular weight excluding hydrogens is 344 g/mol. The van der Waals surface area contributed by atoms with E-state index >= 15 is 0 Å². The molecule has 8 nitrogen and oxygen atoms in total. The number of aryl methyl sites for hydroxylation is 1. The van der Waals surface area contributed by atoms with Crippen LogP contribution in [-0.4, -0.2) is 37.1 Å². The highest BCUT2D eigenvalue weighted by Gasteiger charge is 2.07. The Balaban J connectivity index is 0.000000326. The molecule has 0 fully saturated rings. The first-order valence-corrected chi connectivity index (χ1v) is 8.16. The Bertz CT molecular complexity index is 855. The van der Waals surface area contributed by atoms with E-state index in [1.165, 1.54) is 4.88 Å². The van der Waals surface area contributed by atoms with E-state index in [1.807, 2.05) is 18.2 Å². The molecule has 3 rings (SSSR count). The van der Waals surface area contributed by atoms with Gasteiger partial charge in [0.2, 0.25) is 0 Å². The Morgan fingerprint density at radius 3 is 2.52 bits per heavy atom. The van der Waals surface area contributed by atoms with Gasteiger partial charge in [-0.25, -0.2) is 19.6 Å². The fraction of sp³-hybridized carbons (Fsp3) is 0.188. The Morgan fingerprint density at radius 1 is 1.16 bits per heavy atom. The number of carboxylic acids is 2. The van der Waals surface area contributed by atoms with Crippen LogP contribution < -0.4 is 5.32 Å². The first-order valence-electron chi connectivity index (χ1n) is 7.34. The molecule has 3 aromatic rings. The average molecular weight is 360 g/mol. The number of nitrogens with zero attached hydrogens (tertiary/aromatic N) is 3. The van der Waals surface area contributed by atoms with Crippen molar-refractivity contribution >= 4 is 39.3 Å². The largest absolute Gasteiger partial charge is 0.473 e. The maximum Gasteiger partial charge on any atom is 0.414 e. The minimum atomic E-state index is -1.82. The Kier molecular flexibility index (Phi) is 6.35. The highest BCUT2D eigenvalue weighted by molar-refractivity contribution is 7.18. The van der Waals surface area contributed by atoms with E-state index in [0.29, 0.717) is 6.54 Å². The number of nitrogens with one attached hydrogen (secondary N) is 1. The molecule has 130 valence electrons. The van der Waals surface area contributed by atoms with Gasteiger partial charge in [-0.3, -0.25) is 4.98 Å². The minimum absolute atomic E-state index is 0.671. The molecule has 3 heterocycles. The Labute approximate surface area is 147 Å². The standard InChI is InChI=1S/C14H14N4S.C2H2O4/c1-2-11-7-12-13(17-9-18-14(12)19-11)16-8-10-5-3-4-6-15-10;3-1(4)2(5)6/h3-7,9H,2,8H2,1H3,(H,16,17,18);(H,3,4)(H,5,6). The molecule has 0 aliphatic heterocycles. The second kappa shape index (κ2) is 8.69. The van der Waals surface area contributed by atoms with Crippen molar-refractivity contribution in [1.82, 2.24) is 15.0 Å². The summed E-state index contributed by atoms with van der Waals surface area (Å²) in [4.78, 5) is 33.5. The zero-order chi connectivity index (χ0) is 18.2. The summed E-state index contributed by atoms with van der Waals surface area (Å²) in [5.74, 6) is -2.77. The van der Waals surface area contributed by atoms with Crippen LogP contribution in [0, 0.1) is 0 Å². The van der Waals surface area contributed by atoms with Gasteiger partial charge in [0.05, 0.1) is 17.6 Å². The predicted octanol–water partition coefficient (Wildman–Crippen LogP) is 2.42. The van der Waals surface area contributed by atoms with Gasteiger partial charge < -0.3 is 15.5 Å². The van der Waals surface area contributed by atoms with E-state index in [0.717, 1.165) is 28.1 Å². The number of anilines is 1. The maximum atomic E-state index is 9.10. The number of hydrogen-bond donors (Lipinski definition) is 3. The summed E-state index contributed by atoms with van der Waals surface area (Å²) in [6, 6.07) is 8.06. The molecule has 0 unspecified atom stereocenters. The van der Waals surface area contributed by atoms with Crippen LogP contribution in [0.5, 0.6) is 0 Å². The third kappa shape index (κ3) is 5.21. The number of hydrogen-bond acceptors (Lipinski definition) is 7. The molecule has 0 aliphatic rings. The molecule has 0 saturated heterocycles. The van der Waals surface area contributed by atoms with E-state index < -0.39 is 11.9 Å². The van der Waals surface area contributed by atoms with E-state index in [9.17, 15) is 0 Å². The second-order valence-corrected chi connectivity index (χ2v) is 5.91. The summed E-state index contributed by atoms with van der Waals surface area (Å²) in [7, 11) is 0. The maximum absolute atomic E-state index is 9.10. The lowest BCUT2D eigenvalue weighted by Crippen LogP contribution is -2.09. The number of carboxylic acid groups (broad SMARTS) is 2. The number of aromatic nitrogens is 3. The normalized spacial score (nSPS) is 9.96. The minimum Gasteiger partial charge on any atom is -0.473 e. The van der Waals surface area contributed by atoms with Crippen molar-refractivity contribution in [2.75, 3.05) is 5.32 Å². The number of carbonyl (C=O) groups is 2. The van der Waals surface area contributed by atoms with Crippen LogP contribution >= 0.6 is 11.3 Å². The molecule has 3 aromatic heterocycles. The van der Waals surface area contributed by atoms with Crippen molar-refractivity contribution in [3.8, 4) is 0 Å². The lowest BCUT2D eigenvalue weighted by Gasteiger charge is -2.05. The molecule has 9 heteroatoms. The quantitative estimate of drug-likeness (QED) is 0.606. The van der Waals surface area contributed by atoms with Crippen LogP contribution in [-0.2, 0) is 22.6 Å². The molecular formula is C16H16N4O4S. The van der Waals surface area contributed by atoms with E-state index in [2.05, 4.69) is 33.3 Å². The van der Waals surface area contributed by atoms with Crippen molar-refractivity contribution in [1.29, 1.82) is 0 Å². The average Bonchev–Trinajstić information content (AvgIpc) is 3.05. The number of rotatable bonds is 4. The van der Waals surface area contributed by atoms with Gasteiger partial charge in [0.25, 0.3) is 0 Å². The highest BCUT2D eigenvalue weighted by atomic mass is 32.1. The zero-order valence-electron chi connectivity index (χ0n) is 13.3. The number of aliphatic carboxylic acids is 2. The van der Waals surface area contributed by atoms with Gasteiger partial charge in [0.1, 0.15) is 17.0 Å². The van der Waals surface area contributed by atoms with Crippen molar-refractivity contribution in [3.63, 3.8) is 0 Å². The summed E-state index contributed by atoms with van der Waals surface area (Å²) in [6.45, 7) is 2.82. The van der Waals surface area contributed by atoms with E-state index in [1.54, 1.807) is 23.9 Å². The fourth-order valence-corrected chi connectivity index (χ4v) is 2.83. The summed E-state index contributed by atoms with van der Waals surface area (Å²) < 4.78 is 0. The molecule has 3 N–H and O–H groups in total. The third-order valence-electron chi connectivity index (χ3n) is 3.07. The summed E-state index contributed by atoms with van der Waals surface area (Å²) >= 11 is 1.73. The predicted molar refractivity (Wildman–Crippen MR) is 93.6 cm³/mol. The first-order chi connectivity index (χ1) is 12.0. The van der Waals surface area contributed by atoms with Crippen LogP contribution in [0.4, 0.5) is 5.82 Å². The smallest absolute Gasteiger partial charge is 0.414 e. The lowest BCUT2D eigenvalue weighted by atomic mass is 10.3. The lowest BCUT2D eigenvalue weighted by molar-refractivity contribution is -0.159. The van der Waals surface area contributed by atoms with Crippen molar-refractivity contribution in [2.24, 2.45) is 0 Å². The Morgan fingerprint density at radius 2 is 1.92 bits per heavy atom. The van der Waals surface area contributed by atoms with Crippen molar-refractivity contribution in [3.05, 3.63) is 47.4 Å². The van der Waals surface area contributed by atoms with Gasteiger partial charge in [-0.05, 0) is 24.6 Å². The fourth-order valence-electron chi connectivity index (χ4n) is 1.90. The molecule has 0 atom stereocenters. The monoisotopic (exact) mass is 360 g/mol. The SMILES string of the molecule is CCc1cc2c(NCc3ccccn3)ncnc2s1.O=C(O)C(=O)O. The highest BCUT2D eigenvalue weighted by Crippen LogP contribution is 2.28. The van der Waals surface area contributed by atoms with Crippen molar-refractivity contribution < 1.29 is 19.8 Å². The van der Waals surface area contributed by atoms with Gasteiger partial charge in [-0.2, -0.15) is 0 Å². The zero-order valence-corrected chi connectivity index (χ0v) is 14.2. The molecule has 0 aromatic carbocycles. The van der Waals surface area contributed by atoms with Crippen LogP contribution in [0.15, 0.2) is 36.8 Å². The molecule has 0 bridgehead atoms. The van der Waals surface area contributed by atoms with Crippen molar-refractivity contribution in [2.45, 2.75) is 19.9 Å². The number of thiophene rings is 1. The van der Waals surface area contributed by atoms with Gasteiger partial charge >= 0.3 is 11.9 Å². The van der Waals surface area contributed by atoms with Crippen LogP contribution in [0.2, 0.25) is 0 Å². The van der Waals surface area contributed by atoms with Gasteiger partial charge in [-0.1, -0.05) is 13.0 Å². The summed E-state index contributed by atoms with van der Waals surface area (Å²) in [5.41, 5.74) is 1.00. The molecule has 0 aliphatic carbocycles. The van der Waals surface area contributed by atoms with Gasteiger partial charge in [0, 0.05) is 11.1 Å². The Hall–Kier alpha value is -3.07. The summed E-state index contributed by atoms with van der Waals surface area (Å²) in [5, 5.41) is 19.2. The van der Waals surface area contributed by atoms with Crippen LogP contribution in [0.25, 0.3) is 10.2 Å². The number of pyridine rings is 1. The summed E-state index contributed by atoms with van der Waals surface area (Å²) in [6.07, 6.45) is 4.44. The molecule has 0 amide bonds. The first kappa shape index (κ1) is 18.3. The van der Waals surface area contributed by atoms with Crippen LogP contribution in [0.3, 0.4) is 0 Å². The second-order valence-electron chi connectivity index (χ2n) is 4.79. The third-order valence-corrected chi connectivity index (χ3v) is 4.26. The molecule has 0 saturated carbocycles. The van der Waals surface area contributed by atoms with Gasteiger partial charge in [0.15, 0.2) is 0 Å².